The van der Waals surface area contributed by atoms with Crippen LogP contribution in [-0.4, -0.2) is 71.7 Å². The molecule has 4 aromatic rings. The Morgan fingerprint density at radius 1 is 0.964 bits per heavy atom. The number of hydrogen-bond acceptors (Lipinski definition) is 9. The molecular formula is C42H45Cl2N5O6. The average molecular weight is 787 g/mol. The molecule has 3 N–H and O–H groups in total. The summed E-state index contributed by atoms with van der Waals surface area (Å²) in [6.45, 7) is 2.99. The molecule has 2 aliphatic carbocycles. The lowest BCUT2D eigenvalue weighted by Crippen LogP contribution is -2.40. The van der Waals surface area contributed by atoms with E-state index in [1.165, 1.54) is 0 Å². The summed E-state index contributed by atoms with van der Waals surface area (Å²) in [7, 11) is 3.19. The summed E-state index contributed by atoms with van der Waals surface area (Å²) in [5.41, 5.74) is 7.23. The van der Waals surface area contributed by atoms with Crippen LogP contribution >= 0.6 is 23.2 Å². The number of carboxylic acid groups (broad SMARTS) is 1. The van der Waals surface area contributed by atoms with Crippen molar-refractivity contribution in [3.8, 4) is 40.0 Å². The van der Waals surface area contributed by atoms with Gasteiger partial charge in [-0.25, -0.2) is 4.98 Å². The molecule has 13 heteroatoms. The van der Waals surface area contributed by atoms with Crippen LogP contribution in [0.3, 0.4) is 0 Å². The number of carbonyl (C=O) groups excluding carboxylic acids is 1. The molecular weight excluding hydrogens is 741 g/mol. The first-order chi connectivity index (χ1) is 26.7. The molecule has 1 saturated carbocycles. The molecule has 0 bridgehead atoms. The van der Waals surface area contributed by atoms with Crippen molar-refractivity contribution in [3.63, 3.8) is 0 Å². The Kier molecular flexibility index (Phi) is 10.6. The Labute approximate surface area is 330 Å². The number of aromatic nitrogens is 2. The van der Waals surface area contributed by atoms with E-state index < -0.39 is 5.97 Å². The van der Waals surface area contributed by atoms with Gasteiger partial charge in [-0.3, -0.25) is 14.5 Å². The van der Waals surface area contributed by atoms with Gasteiger partial charge < -0.3 is 30.0 Å². The number of aliphatic carboxylic acids is 1. The standard InChI is InChI=1S/C42H45Cl2N5O6/c1-53-38-24(19-45-20-26-11-15-36(50)46-26)10-13-34(47-38)31-9-4-8-30(37(31)44)27-6-3-7-29-28(27)12-14-35(29)55-40-33(43)18-25(39(48-40)54-2)21-49-22-32(41(51)52)42(23-49)16-5-17-42/h3-4,6-10,13,18,26,32,35,45H,5,11-12,14-17,19-23H2,1-2H3,(H,46,50)(H,51,52)/t26-,32?,35-/m0/s1. The molecule has 1 amide bonds. The van der Waals surface area contributed by atoms with Crippen LogP contribution in [0, 0.1) is 11.3 Å². The van der Waals surface area contributed by atoms with Crippen molar-refractivity contribution >= 4 is 35.1 Å². The number of rotatable bonds is 13. The largest absolute Gasteiger partial charge is 0.481 e. The lowest BCUT2D eigenvalue weighted by Gasteiger charge is -2.41. The second kappa shape index (κ2) is 15.6. The van der Waals surface area contributed by atoms with Crippen LogP contribution in [0.4, 0.5) is 0 Å². The SMILES string of the molecule is COc1nc(-c2cccc(-c3cccc4c3CC[C@@H]4Oc3nc(OC)c(CN4CC(C(=O)O)C5(CCC5)C4)cc3Cl)c2Cl)ccc1CNC[C@@H]1CCC(=O)N1. The number of methoxy groups -OCH3 is 2. The summed E-state index contributed by atoms with van der Waals surface area (Å²) >= 11 is 14.0. The van der Waals surface area contributed by atoms with E-state index in [1.807, 2.05) is 42.5 Å². The summed E-state index contributed by atoms with van der Waals surface area (Å²) in [5, 5.41) is 17.3. The summed E-state index contributed by atoms with van der Waals surface area (Å²) in [6, 6.07) is 18.1. The number of nitrogens with zero attached hydrogens (tertiary/aromatic N) is 3. The lowest BCUT2D eigenvalue weighted by molar-refractivity contribution is -0.146. The van der Waals surface area contributed by atoms with E-state index in [0.29, 0.717) is 66.0 Å². The van der Waals surface area contributed by atoms with Gasteiger partial charge in [-0.05, 0) is 66.3 Å². The molecule has 0 radical (unpaired) electrons. The number of fused-ring (bicyclic) bond motifs is 1. The van der Waals surface area contributed by atoms with Crippen molar-refractivity contribution in [2.45, 2.75) is 70.2 Å². The number of halogens is 2. The Balaban J connectivity index is 0.987. The molecule has 4 aliphatic rings. The highest BCUT2D eigenvalue weighted by atomic mass is 35.5. The van der Waals surface area contributed by atoms with Gasteiger partial charge in [-0.1, -0.05) is 72.1 Å². The summed E-state index contributed by atoms with van der Waals surface area (Å²) in [6.07, 6.45) is 5.64. The molecule has 55 heavy (non-hydrogen) atoms. The van der Waals surface area contributed by atoms with Crippen molar-refractivity contribution in [1.82, 2.24) is 25.5 Å². The molecule has 2 aromatic heterocycles. The topological polar surface area (TPSA) is 135 Å². The number of likely N-dealkylation sites (tertiary alicyclic amines) is 1. The van der Waals surface area contributed by atoms with Gasteiger partial charge in [-0.2, -0.15) is 4.98 Å². The van der Waals surface area contributed by atoms with Gasteiger partial charge in [-0.15, -0.1) is 0 Å². The number of hydrogen-bond donors (Lipinski definition) is 3. The minimum Gasteiger partial charge on any atom is -0.481 e. The number of benzene rings is 2. The molecule has 8 rings (SSSR count). The first-order valence-corrected chi connectivity index (χ1v) is 19.7. The molecule has 288 valence electrons. The van der Waals surface area contributed by atoms with Crippen LogP contribution in [0.25, 0.3) is 22.4 Å². The van der Waals surface area contributed by atoms with Gasteiger partial charge in [0, 0.05) is 67.4 Å². The number of nitrogens with one attached hydrogen (secondary N) is 2. The van der Waals surface area contributed by atoms with Crippen molar-refractivity contribution < 1.29 is 28.9 Å². The van der Waals surface area contributed by atoms with Gasteiger partial charge in [0.2, 0.25) is 23.5 Å². The van der Waals surface area contributed by atoms with Gasteiger partial charge in [0.1, 0.15) is 11.1 Å². The fourth-order valence-corrected chi connectivity index (χ4v) is 9.53. The lowest BCUT2D eigenvalue weighted by atomic mass is 9.63. The van der Waals surface area contributed by atoms with E-state index in [1.54, 1.807) is 14.2 Å². The number of ether oxygens (including phenoxy) is 3. The molecule has 1 unspecified atom stereocenters. The number of amides is 1. The average Bonchev–Trinajstić information content (AvgIpc) is 3.90. The van der Waals surface area contributed by atoms with E-state index in [4.69, 9.17) is 47.4 Å². The van der Waals surface area contributed by atoms with Crippen LogP contribution in [0.1, 0.15) is 66.9 Å². The van der Waals surface area contributed by atoms with Crippen LogP contribution in [-0.2, 0) is 29.1 Å². The van der Waals surface area contributed by atoms with Crippen molar-refractivity contribution in [3.05, 3.63) is 86.9 Å². The maximum atomic E-state index is 12.0. The zero-order chi connectivity index (χ0) is 38.3. The normalized spacial score (nSPS) is 21.3. The Morgan fingerprint density at radius 2 is 1.73 bits per heavy atom. The first-order valence-electron chi connectivity index (χ1n) is 19.0. The van der Waals surface area contributed by atoms with Crippen LogP contribution in [0.5, 0.6) is 17.6 Å². The minimum atomic E-state index is -0.717. The quantitative estimate of drug-likeness (QED) is 0.127. The first kappa shape index (κ1) is 37.5. The highest BCUT2D eigenvalue weighted by Crippen LogP contribution is 2.52. The number of pyridine rings is 2. The van der Waals surface area contributed by atoms with Gasteiger partial charge in [0.15, 0.2) is 0 Å². The third kappa shape index (κ3) is 7.35. The molecule has 3 atom stereocenters. The fourth-order valence-electron chi connectivity index (χ4n) is 8.98. The van der Waals surface area contributed by atoms with E-state index in [0.717, 1.165) is 84.0 Å². The van der Waals surface area contributed by atoms with Crippen LogP contribution in [0.15, 0.2) is 54.6 Å². The van der Waals surface area contributed by atoms with E-state index in [9.17, 15) is 14.7 Å². The van der Waals surface area contributed by atoms with Crippen molar-refractivity contribution in [2.24, 2.45) is 11.3 Å². The molecule has 11 nitrogen and oxygen atoms in total. The zero-order valence-corrected chi connectivity index (χ0v) is 32.5. The van der Waals surface area contributed by atoms with E-state index >= 15 is 0 Å². The van der Waals surface area contributed by atoms with Crippen LogP contribution < -0.4 is 24.8 Å². The number of carbonyl (C=O) groups is 2. The monoisotopic (exact) mass is 785 g/mol. The Morgan fingerprint density at radius 3 is 2.44 bits per heavy atom. The second-order valence-corrected chi connectivity index (χ2v) is 16.0. The third-order valence-corrected chi connectivity index (χ3v) is 12.6. The Bertz CT molecular complexity index is 2130. The summed E-state index contributed by atoms with van der Waals surface area (Å²) < 4.78 is 17.9. The maximum Gasteiger partial charge on any atom is 0.308 e. The molecule has 2 saturated heterocycles. The molecule has 3 fully saturated rings. The second-order valence-electron chi connectivity index (χ2n) is 15.2. The Hall–Kier alpha value is -4.42. The summed E-state index contributed by atoms with van der Waals surface area (Å²) in [5.74, 6) is 0.264. The van der Waals surface area contributed by atoms with E-state index in [-0.39, 0.29) is 29.4 Å². The predicted molar refractivity (Wildman–Crippen MR) is 210 cm³/mol. The molecule has 1 spiro atoms. The summed E-state index contributed by atoms with van der Waals surface area (Å²) in [4.78, 5) is 35.3. The molecule has 4 heterocycles. The molecule has 2 aromatic carbocycles. The van der Waals surface area contributed by atoms with E-state index in [2.05, 4.69) is 27.7 Å². The highest BCUT2D eigenvalue weighted by molar-refractivity contribution is 6.36. The molecule has 2 aliphatic heterocycles. The highest BCUT2D eigenvalue weighted by Gasteiger charge is 2.53. The smallest absolute Gasteiger partial charge is 0.308 e. The maximum absolute atomic E-state index is 12.0. The van der Waals surface area contributed by atoms with Crippen LogP contribution in [0.2, 0.25) is 10.0 Å². The predicted octanol–water partition coefficient (Wildman–Crippen LogP) is 7.26. The fraction of sp³-hybridized carbons (Fsp3) is 0.429. The zero-order valence-electron chi connectivity index (χ0n) is 31.0. The third-order valence-electron chi connectivity index (χ3n) is 11.9. The van der Waals surface area contributed by atoms with Crippen molar-refractivity contribution in [1.29, 1.82) is 0 Å². The van der Waals surface area contributed by atoms with Crippen molar-refractivity contribution in [2.75, 3.05) is 33.9 Å². The van der Waals surface area contributed by atoms with Gasteiger partial charge in [0.05, 0.1) is 30.9 Å². The van der Waals surface area contributed by atoms with Gasteiger partial charge >= 0.3 is 5.97 Å². The van der Waals surface area contributed by atoms with Gasteiger partial charge in [0.25, 0.3) is 0 Å². The minimum absolute atomic E-state index is 0.100. The number of carboxylic acids is 1.